The highest BCUT2D eigenvalue weighted by molar-refractivity contribution is 14.1. The van der Waals surface area contributed by atoms with E-state index in [9.17, 15) is 0 Å². The Morgan fingerprint density at radius 3 is 2.85 bits per heavy atom. The topological polar surface area (TPSA) is 23.8 Å². The number of nitriles is 1. The average Bonchev–Trinajstić information content (AvgIpc) is 2.12. The van der Waals surface area contributed by atoms with Crippen LogP contribution in [0.2, 0.25) is 0 Å². The van der Waals surface area contributed by atoms with E-state index in [0.717, 1.165) is 17.3 Å². The van der Waals surface area contributed by atoms with Gasteiger partial charge in [-0.1, -0.05) is 6.07 Å². The van der Waals surface area contributed by atoms with Gasteiger partial charge in [0.05, 0.1) is 6.07 Å². The molecule has 0 amide bonds. The first-order valence-electron chi connectivity index (χ1n) is 4.05. The second-order valence-corrected chi connectivity index (χ2v) is 4.78. The summed E-state index contributed by atoms with van der Waals surface area (Å²) in [5.74, 6) is 0. The third kappa shape index (κ3) is 3.65. The highest BCUT2D eigenvalue weighted by Gasteiger charge is 1.98. The van der Waals surface area contributed by atoms with Gasteiger partial charge in [-0.05, 0) is 69.1 Å². The molecule has 0 aliphatic carbocycles. The lowest BCUT2D eigenvalue weighted by atomic mass is 10.1. The summed E-state index contributed by atoms with van der Waals surface area (Å²) in [5.41, 5.74) is 1.31. The number of aryl methyl sites for hydroxylation is 1. The molecule has 1 aromatic carbocycles. The van der Waals surface area contributed by atoms with E-state index in [1.54, 1.807) is 0 Å². The standard InChI is InChI=1S/C10H9BrIN/c11-9-5-4-8(7-10(9)12)3-1-2-6-13/h4-5,7H,1-3H2. The number of hydrogen-bond acceptors (Lipinski definition) is 1. The fourth-order valence-corrected chi connectivity index (χ4v) is 1.89. The molecule has 0 bridgehead atoms. The Morgan fingerprint density at radius 2 is 2.23 bits per heavy atom. The van der Waals surface area contributed by atoms with E-state index in [-0.39, 0.29) is 0 Å². The maximum Gasteiger partial charge on any atom is 0.0621 e. The van der Waals surface area contributed by atoms with Crippen LogP contribution in [-0.4, -0.2) is 0 Å². The largest absolute Gasteiger partial charge is 0.198 e. The van der Waals surface area contributed by atoms with Crippen LogP contribution in [0.1, 0.15) is 18.4 Å². The molecule has 1 aromatic rings. The number of rotatable bonds is 3. The molecule has 0 unspecified atom stereocenters. The Hall–Kier alpha value is -0.0800. The zero-order valence-corrected chi connectivity index (χ0v) is 10.8. The van der Waals surface area contributed by atoms with Crippen molar-refractivity contribution in [3.63, 3.8) is 0 Å². The Kier molecular flexibility index (Phi) is 4.74. The lowest BCUT2D eigenvalue weighted by Crippen LogP contribution is -1.86. The SMILES string of the molecule is N#CCCCc1ccc(Br)c(I)c1. The molecule has 0 N–H and O–H groups in total. The molecule has 0 radical (unpaired) electrons. The maximum absolute atomic E-state index is 8.38. The van der Waals surface area contributed by atoms with Crippen LogP contribution >= 0.6 is 38.5 Å². The minimum atomic E-state index is 0.645. The Bertz CT molecular complexity index is 330. The molecule has 1 nitrogen and oxygen atoms in total. The number of benzene rings is 1. The van der Waals surface area contributed by atoms with Crippen molar-refractivity contribution >= 4 is 38.5 Å². The van der Waals surface area contributed by atoms with Crippen LogP contribution in [0, 0.1) is 14.9 Å². The zero-order valence-electron chi connectivity index (χ0n) is 7.06. The summed E-state index contributed by atoms with van der Waals surface area (Å²) in [6, 6.07) is 8.47. The van der Waals surface area contributed by atoms with Crippen molar-refractivity contribution in [2.75, 3.05) is 0 Å². The lowest BCUT2D eigenvalue weighted by Gasteiger charge is -2.01. The number of unbranched alkanes of at least 4 members (excludes halogenated alkanes) is 1. The summed E-state index contributed by atoms with van der Waals surface area (Å²) in [7, 11) is 0. The van der Waals surface area contributed by atoms with Gasteiger partial charge in [-0.3, -0.25) is 0 Å². The minimum Gasteiger partial charge on any atom is -0.198 e. The molecular weight excluding hydrogens is 341 g/mol. The normalized spacial score (nSPS) is 9.62. The van der Waals surface area contributed by atoms with Crippen molar-refractivity contribution in [3.05, 3.63) is 31.8 Å². The zero-order chi connectivity index (χ0) is 9.68. The lowest BCUT2D eigenvalue weighted by molar-refractivity contribution is 0.849. The summed E-state index contributed by atoms with van der Waals surface area (Å²) in [6.45, 7) is 0. The van der Waals surface area contributed by atoms with Crippen LogP contribution in [0.3, 0.4) is 0 Å². The van der Waals surface area contributed by atoms with Crippen LogP contribution in [0.15, 0.2) is 22.7 Å². The van der Waals surface area contributed by atoms with Gasteiger partial charge in [0.15, 0.2) is 0 Å². The molecule has 0 saturated carbocycles. The molecule has 3 heteroatoms. The van der Waals surface area contributed by atoms with Crippen LogP contribution in [0.5, 0.6) is 0 Å². The molecule has 13 heavy (non-hydrogen) atoms. The average molecular weight is 350 g/mol. The molecule has 1 rings (SSSR count). The van der Waals surface area contributed by atoms with E-state index in [1.807, 2.05) is 0 Å². The van der Waals surface area contributed by atoms with Crippen LogP contribution in [0.4, 0.5) is 0 Å². The van der Waals surface area contributed by atoms with Gasteiger partial charge in [0.2, 0.25) is 0 Å². The van der Waals surface area contributed by atoms with Crippen LogP contribution in [0.25, 0.3) is 0 Å². The Morgan fingerprint density at radius 1 is 1.46 bits per heavy atom. The minimum absolute atomic E-state index is 0.645. The highest BCUT2D eigenvalue weighted by Crippen LogP contribution is 2.20. The first kappa shape index (κ1) is 11.0. The van der Waals surface area contributed by atoms with Crippen molar-refractivity contribution in [1.29, 1.82) is 5.26 Å². The van der Waals surface area contributed by atoms with Crippen molar-refractivity contribution in [1.82, 2.24) is 0 Å². The fraction of sp³-hybridized carbons (Fsp3) is 0.300. The van der Waals surface area contributed by atoms with Crippen molar-refractivity contribution in [2.24, 2.45) is 0 Å². The van der Waals surface area contributed by atoms with E-state index < -0.39 is 0 Å². The number of hydrogen-bond donors (Lipinski definition) is 0. The van der Waals surface area contributed by atoms with E-state index in [1.165, 1.54) is 9.13 Å². The third-order valence-electron chi connectivity index (χ3n) is 1.74. The summed E-state index contributed by atoms with van der Waals surface area (Å²) in [5, 5.41) is 8.38. The molecule has 68 valence electrons. The molecule has 0 fully saturated rings. The summed E-state index contributed by atoms with van der Waals surface area (Å²) in [4.78, 5) is 0. The molecule has 0 spiro atoms. The first-order valence-corrected chi connectivity index (χ1v) is 5.92. The van der Waals surface area contributed by atoms with Crippen LogP contribution in [-0.2, 0) is 6.42 Å². The molecule has 0 saturated heterocycles. The van der Waals surface area contributed by atoms with Gasteiger partial charge in [-0.15, -0.1) is 0 Å². The summed E-state index contributed by atoms with van der Waals surface area (Å²) >= 11 is 5.75. The predicted molar refractivity (Wildman–Crippen MR) is 65.4 cm³/mol. The van der Waals surface area contributed by atoms with Gasteiger partial charge in [0.25, 0.3) is 0 Å². The van der Waals surface area contributed by atoms with E-state index >= 15 is 0 Å². The number of nitrogens with zero attached hydrogens (tertiary/aromatic N) is 1. The van der Waals surface area contributed by atoms with E-state index in [2.05, 4.69) is 62.8 Å². The first-order chi connectivity index (χ1) is 6.24. The summed E-state index contributed by atoms with van der Waals surface area (Å²) < 4.78 is 2.36. The van der Waals surface area contributed by atoms with Gasteiger partial charge in [0.1, 0.15) is 0 Å². The second kappa shape index (κ2) is 5.61. The van der Waals surface area contributed by atoms with Crippen molar-refractivity contribution in [3.8, 4) is 6.07 Å². The quantitative estimate of drug-likeness (QED) is 0.599. The Labute approximate surface area is 100 Å². The third-order valence-corrected chi connectivity index (χ3v) is 4.06. The second-order valence-electron chi connectivity index (χ2n) is 2.76. The van der Waals surface area contributed by atoms with Crippen LogP contribution < -0.4 is 0 Å². The van der Waals surface area contributed by atoms with Gasteiger partial charge in [-0.2, -0.15) is 5.26 Å². The van der Waals surface area contributed by atoms with Gasteiger partial charge < -0.3 is 0 Å². The Balaban J connectivity index is 2.59. The molecule has 0 aliphatic rings. The molecular formula is C10H9BrIN. The molecule has 0 aliphatic heterocycles. The van der Waals surface area contributed by atoms with E-state index in [0.29, 0.717) is 6.42 Å². The van der Waals surface area contributed by atoms with Gasteiger partial charge in [-0.25, -0.2) is 0 Å². The van der Waals surface area contributed by atoms with Crippen molar-refractivity contribution < 1.29 is 0 Å². The maximum atomic E-state index is 8.38. The number of halogens is 2. The smallest absolute Gasteiger partial charge is 0.0621 e. The monoisotopic (exact) mass is 349 g/mol. The van der Waals surface area contributed by atoms with Gasteiger partial charge >= 0.3 is 0 Å². The summed E-state index contributed by atoms with van der Waals surface area (Å²) in [6.07, 6.45) is 2.59. The van der Waals surface area contributed by atoms with Gasteiger partial charge in [0, 0.05) is 14.5 Å². The highest BCUT2D eigenvalue weighted by atomic mass is 127. The van der Waals surface area contributed by atoms with E-state index in [4.69, 9.17) is 5.26 Å². The molecule has 0 atom stereocenters. The fourth-order valence-electron chi connectivity index (χ4n) is 1.07. The van der Waals surface area contributed by atoms with Crippen molar-refractivity contribution in [2.45, 2.75) is 19.3 Å². The molecule has 0 aromatic heterocycles. The molecule has 0 heterocycles. The predicted octanol–water partition coefficient (Wildman–Crippen LogP) is 3.90.